The predicted octanol–water partition coefficient (Wildman–Crippen LogP) is 15.0. The second-order valence-corrected chi connectivity index (χ2v) is 20.5. The van der Waals surface area contributed by atoms with Crippen molar-refractivity contribution in [3.8, 4) is 51.0 Å². The third-order valence-electron chi connectivity index (χ3n) is 11.7. The van der Waals surface area contributed by atoms with Crippen LogP contribution in [-0.2, 0) is 21.7 Å². The molecule has 4 nitrogen and oxygen atoms in total. The summed E-state index contributed by atoms with van der Waals surface area (Å²) in [5.74, 6) is 0.926. The van der Waals surface area contributed by atoms with Crippen LogP contribution in [-0.4, -0.2) is 19.5 Å². The van der Waals surface area contributed by atoms with Crippen LogP contribution in [0.2, 0.25) is 0 Å². The summed E-state index contributed by atoms with van der Waals surface area (Å²) in [6.07, 6.45) is 0. The van der Waals surface area contributed by atoms with Crippen molar-refractivity contribution in [2.24, 2.45) is 0 Å². The Morgan fingerprint density at radius 2 is 0.783 bits per heavy atom. The van der Waals surface area contributed by atoms with E-state index in [1.165, 1.54) is 33.0 Å². The summed E-state index contributed by atoms with van der Waals surface area (Å²) in [6, 6.07) is 44.0. The summed E-state index contributed by atoms with van der Waals surface area (Å²) in [6.45, 7) is 26.7. The van der Waals surface area contributed by atoms with Crippen LogP contribution in [0.4, 0.5) is 4.39 Å². The lowest BCUT2D eigenvalue weighted by molar-refractivity contribution is 0.568. The van der Waals surface area contributed by atoms with Crippen molar-refractivity contribution in [2.75, 3.05) is 0 Å². The number of fused-ring (bicyclic) bond motifs is 3. The van der Waals surface area contributed by atoms with Crippen LogP contribution in [0.25, 0.3) is 72.8 Å². The van der Waals surface area contributed by atoms with Gasteiger partial charge < -0.3 is 4.57 Å². The van der Waals surface area contributed by atoms with Gasteiger partial charge >= 0.3 is 0 Å². The minimum atomic E-state index is -0.395. The highest BCUT2D eigenvalue weighted by molar-refractivity contribution is 6.09. The maximum Gasteiger partial charge on any atom is 0.167 e. The largest absolute Gasteiger partial charge is 0.309 e. The maximum atomic E-state index is 16.6. The SMILES string of the molecule is CC(C)(C)c1cc(-c2nc(-c3cc(C(C)(C)C)cc(C(C)(C)C)c3)nc(-c3cc(-c4ccccc4-n4c5ccccc5c5ccccc54)ccc3F)n2)cc(C(C)(C)C)c1. The van der Waals surface area contributed by atoms with Crippen molar-refractivity contribution in [3.63, 3.8) is 0 Å². The van der Waals surface area contributed by atoms with Gasteiger partial charge in [-0.3, -0.25) is 0 Å². The summed E-state index contributed by atoms with van der Waals surface area (Å²) >= 11 is 0. The van der Waals surface area contributed by atoms with E-state index >= 15 is 4.39 Å². The zero-order chi connectivity index (χ0) is 42.9. The number of para-hydroxylation sites is 3. The number of halogens is 1. The Kier molecular flexibility index (Phi) is 9.97. The van der Waals surface area contributed by atoms with E-state index in [1.807, 2.05) is 18.2 Å². The number of benzene rings is 6. The van der Waals surface area contributed by atoms with E-state index in [0.717, 1.165) is 39.0 Å². The lowest BCUT2D eigenvalue weighted by Crippen LogP contribution is -2.17. The molecule has 0 bridgehead atoms. The van der Waals surface area contributed by atoms with Gasteiger partial charge in [-0.15, -0.1) is 0 Å². The molecule has 0 saturated heterocycles. The van der Waals surface area contributed by atoms with Crippen LogP contribution in [0, 0.1) is 5.82 Å². The van der Waals surface area contributed by atoms with Gasteiger partial charge in [0.25, 0.3) is 0 Å². The fourth-order valence-electron chi connectivity index (χ4n) is 7.96. The van der Waals surface area contributed by atoms with E-state index in [2.05, 4.69) is 191 Å². The van der Waals surface area contributed by atoms with Gasteiger partial charge in [0, 0.05) is 27.5 Å². The normalized spacial score (nSPS) is 12.8. The van der Waals surface area contributed by atoms with Gasteiger partial charge in [0.05, 0.1) is 22.3 Å². The highest BCUT2D eigenvalue weighted by Gasteiger charge is 2.26. The third kappa shape index (κ3) is 7.78. The Morgan fingerprint density at radius 1 is 0.383 bits per heavy atom. The molecule has 60 heavy (non-hydrogen) atoms. The molecule has 304 valence electrons. The average molecular weight is 793 g/mol. The standard InChI is InChI=1S/C55H57FN4/c1-52(2,3)37-27-35(28-38(32-37)53(4,5)6)49-57-50(36-29-39(54(7,8)9)33-40(30-36)55(10,11)12)59-51(58-49)44-31-34(25-26-45(44)56)41-19-13-16-22-46(41)60-47-23-17-14-20-42(47)43-21-15-18-24-48(43)60/h13-33H,1-12H3. The Balaban J connectivity index is 1.39. The molecule has 0 fully saturated rings. The van der Waals surface area contributed by atoms with Gasteiger partial charge in [-0.05, 0) is 104 Å². The van der Waals surface area contributed by atoms with E-state index in [4.69, 9.17) is 15.0 Å². The lowest BCUT2D eigenvalue weighted by atomic mass is 9.79. The minimum Gasteiger partial charge on any atom is -0.309 e. The molecule has 6 aromatic carbocycles. The zero-order valence-electron chi connectivity index (χ0n) is 37.3. The molecular weight excluding hydrogens is 736 g/mol. The number of rotatable bonds is 5. The molecular formula is C55H57FN4. The summed E-state index contributed by atoms with van der Waals surface area (Å²) in [4.78, 5) is 15.6. The Bertz CT molecular complexity index is 2710. The quantitative estimate of drug-likeness (QED) is 0.174. The van der Waals surface area contributed by atoms with Crippen LogP contribution in [0.15, 0.2) is 127 Å². The number of hydrogen-bond donors (Lipinski definition) is 0. The van der Waals surface area contributed by atoms with Crippen LogP contribution in [0.3, 0.4) is 0 Å². The Morgan fingerprint density at radius 3 is 1.23 bits per heavy atom. The van der Waals surface area contributed by atoms with Crippen molar-refractivity contribution in [3.05, 3.63) is 155 Å². The van der Waals surface area contributed by atoms with Crippen molar-refractivity contribution in [2.45, 2.75) is 105 Å². The monoisotopic (exact) mass is 792 g/mol. The average Bonchev–Trinajstić information content (AvgIpc) is 3.53. The van der Waals surface area contributed by atoms with Crippen molar-refractivity contribution < 1.29 is 4.39 Å². The zero-order valence-corrected chi connectivity index (χ0v) is 37.3. The molecule has 0 radical (unpaired) electrons. The predicted molar refractivity (Wildman–Crippen MR) is 251 cm³/mol. The van der Waals surface area contributed by atoms with Crippen LogP contribution < -0.4 is 0 Å². The topological polar surface area (TPSA) is 43.6 Å². The van der Waals surface area contributed by atoms with Gasteiger partial charge in [-0.1, -0.05) is 156 Å². The fraction of sp³-hybridized carbons (Fsp3) is 0.291. The third-order valence-corrected chi connectivity index (χ3v) is 11.7. The summed E-state index contributed by atoms with van der Waals surface area (Å²) in [5.41, 5.74) is 11.4. The molecule has 8 aromatic rings. The molecule has 0 aliphatic carbocycles. The van der Waals surface area contributed by atoms with E-state index in [1.54, 1.807) is 6.07 Å². The highest BCUT2D eigenvalue weighted by atomic mass is 19.1. The van der Waals surface area contributed by atoms with E-state index < -0.39 is 5.82 Å². The van der Waals surface area contributed by atoms with E-state index in [0.29, 0.717) is 23.0 Å². The van der Waals surface area contributed by atoms with Crippen LogP contribution >= 0.6 is 0 Å². The molecule has 0 saturated carbocycles. The molecule has 0 N–H and O–H groups in total. The maximum absolute atomic E-state index is 16.6. The molecule has 8 rings (SSSR count). The van der Waals surface area contributed by atoms with Crippen molar-refractivity contribution >= 4 is 21.8 Å². The van der Waals surface area contributed by atoms with Crippen LogP contribution in [0.1, 0.15) is 105 Å². The number of nitrogens with zero attached hydrogens (tertiary/aromatic N) is 4. The van der Waals surface area contributed by atoms with E-state index in [-0.39, 0.29) is 21.7 Å². The van der Waals surface area contributed by atoms with Gasteiger partial charge in [-0.25, -0.2) is 19.3 Å². The summed E-state index contributed by atoms with van der Waals surface area (Å²) in [7, 11) is 0. The van der Waals surface area contributed by atoms with Gasteiger partial charge in [0.15, 0.2) is 17.5 Å². The van der Waals surface area contributed by atoms with E-state index in [9.17, 15) is 0 Å². The first-order chi connectivity index (χ1) is 28.2. The second-order valence-electron chi connectivity index (χ2n) is 20.5. The minimum absolute atomic E-state index is 0.123. The molecule has 0 amide bonds. The van der Waals surface area contributed by atoms with Gasteiger partial charge in [0.2, 0.25) is 0 Å². The number of aromatic nitrogens is 4. The smallest absolute Gasteiger partial charge is 0.167 e. The Labute approximate surface area is 355 Å². The molecule has 0 aliphatic heterocycles. The summed E-state index contributed by atoms with van der Waals surface area (Å²) in [5, 5.41) is 2.37. The first kappa shape index (κ1) is 40.8. The van der Waals surface area contributed by atoms with Crippen molar-refractivity contribution in [1.82, 2.24) is 19.5 Å². The van der Waals surface area contributed by atoms with Gasteiger partial charge in [0.1, 0.15) is 5.82 Å². The number of hydrogen-bond acceptors (Lipinski definition) is 3. The second kappa shape index (κ2) is 14.7. The van der Waals surface area contributed by atoms with Crippen molar-refractivity contribution in [1.29, 1.82) is 0 Å². The molecule has 0 unspecified atom stereocenters. The van der Waals surface area contributed by atoms with Crippen LogP contribution in [0.5, 0.6) is 0 Å². The lowest BCUT2D eigenvalue weighted by Gasteiger charge is -2.26. The molecule has 0 spiro atoms. The first-order valence-corrected chi connectivity index (χ1v) is 21.1. The molecule has 0 aliphatic rings. The highest BCUT2D eigenvalue weighted by Crippen LogP contribution is 2.40. The molecule has 2 aromatic heterocycles. The summed E-state index contributed by atoms with van der Waals surface area (Å²) < 4.78 is 18.9. The molecule has 2 heterocycles. The first-order valence-electron chi connectivity index (χ1n) is 21.1. The fourth-order valence-corrected chi connectivity index (χ4v) is 7.96. The molecule has 0 atom stereocenters. The van der Waals surface area contributed by atoms with Gasteiger partial charge in [-0.2, -0.15) is 0 Å². The Hall–Kier alpha value is -5.94. The molecule has 5 heteroatoms.